The number of carbonyl (C=O) groups excluding carboxylic acids is 1. The van der Waals surface area contributed by atoms with Crippen LogP contribution in [0.4, 0.5) is 4.39 Å². The van der Waals surface area contributed by atoms with Crippen LogP contribution >= 0.6 is 11.6 Å². The molecule has 0 atom stereocenters. The SMILES string of the molecule is O=C(COc1ccccc1)NCCCCCc1nc2ccccc2n1Cc1c(F)cccc1Cl. The predicted molar refractivity (Wildman–Crippen MR) is 133 cm³/mol. The maximum atomic E-state index is 14.4. The third-order valence-corrected chi connectivity index (χ3v) is 5.98. The monoisotopic (exact) mass is 479 g/mol. The zero-order valence-electron chi connectivity index (χ0n) is 18.8. The number of aryl methyl sites for hydroxylation is 1. The summed E-state index contributed by atoms with van der Waals surface area (Å²) in [6.07, 6.45) is 3.45. The average Bonchev–Trinajstić information content (AvgIpc) is 3.20. The fourth-order valence-corrected chi connectivity index (χ4v) is 4.09. The molecule has 0 unspecified atom stereocenters. The van der Waals surface area contributed by atoms with Gasteiger partial charge in [-0.05, 0) is 49.2 Å². The van der Waals surface area contributed by atoms with Crippen molar-refractivity contribution in [1.29, 1.82) is 0 Å². The van der Waals surface area contributed by atoms with Gasteiger partial charge in [-0.15, -0.1) is 0 Å². The number of halogens is 2. The number of benzene rings is 3. The lowest BCUT2D eigenvalue weighted by atomic mass is 10.1. The maximum Gasteiger partial charge on any atom is 0.257 e. The lowest BCUT2D eigenvalue weighted by Gasteiger charge is -2.12. The molecule has 4 aromatic rings. The Labute approximate surface area is 203 Å². The summed E-state index contributed by atoms with van der Waals surface area (Å²) < 4.78 is 21.9. The van der Waals surface area contributed by atoms with E-state index < -0.39 is 0 Å². The third-order valence-electron chi connectivity index (χ3n) is 5.62. The molecule has 0 spiro atoms. The van der Waals surface area contributed by atoms with Crippen molar-refractivity contribution in [2.75, 3.05) is 13.2 Å². The van der Waals surface area contributed by atoms with E-state index in [1.54, 1.807) is 12.1 Å². The van der Waals surface area contributed by atoms with E-state index in [4.69, 9.17) is 21.3 Å². The molecular weight excluding hydrogens is 453 g/mol. The Kier molecular flexibility index (Phi) is 8.15. The van der Waals surface area contributed by atoms with E-state index in [1.807, 2.05) is 59.2 Å². The van der Waals surface area contributed by atoms with Crippen LogP contribution in [0.5, 0.6) is 5.75 Å². The van der Waals surface area contributed by atoms with E-state index in [0.29, 0.717) is 29.4 Å². The van der Waals surface area contributed by atoms with Crippen LogP contribution in [0.2, 0.25) is 5.02 Å². The molecule has 0 saturated carbocycles. The largest absolute Gasteiger partial charge is 0.484 e. The fraction of sp³-hybridized carbons (Fsp3) is 0.259. The first-order valence-electron chi connectivity index (χ1n) is 11.4. The predicted octanol–water partition coefficient (Wildman–Crippen LogP) is 5.79. The summed E-state index contributed by atoms with van der Waals surface area (Å²) in [5.74, 6) is 1.13. The summed E-state index contributed by atoms with van der Waals surface area (Å²) >= 11 is 6.28. The van der Waals surface area contributed by atoms with E-state index in [-0.39, 0.29) is 18.3 Å². The molecule has 5 nitrogen and oxygen atoms in total. The van der Waals surface area contributed by atoms with Crippen LogP contribution in [0.1, 0.15) is 30.7 Å². The Hall–Kier alpha value is -3.38. The molecule has 1 N–H and O–H groups in total. The number of fused-ring (bicyclic) bond motifs is 1. The van der Waals surface area contributed by atoms with Gasteiger partial charge in [0.25, 0.3) is 5.91 Å². The van der Waals surface area contributed by atoms with Gasteiger partial charge in [0.1, 0.15) is 17.4 Å². The topological polar surface area (TPSA) is 56.1 Å². The van der Waals surface area contributed by atoms with Crippen LogP contribution in [0.3, 0.4) is 0 Å². The smallest absolute Gasteiger partial charge is 0.257 e. The van der Waals surface area contributed by atoms with Crippen LogP contribution < -0.4 is 10.1 Å². The quantitative estimate of drug-likeness (QED) is 0.277. The highest BCUT2D eigenvalue weighted by molar-refractivity contribution is 6.31. The second-order valence-corrected chi connectivity index (χ2v) is 8.47. The Morgan fingerprint density at radius 3 is 2.59 bits per heavy atom. The van der Waals surface area contributed by atoms with Gasteiger partial charge in [-0.1, -0.05) is 54.4 Å². The highest BCUT2D eigenvalue weighted by atomic mass is 35.5. The van der Waals surface area contributed by atoms with Crippen molar-refractivity contribution in [3.05, 3.63) is 95.0 Å². The van der Waals surface area contributed by atoms with Crippen LogP contribution in [-0.4, -0.2) is 28.6 Å². The van der Waals surface area contributed by atoms with Crippen molar-refractivity contribution < 1.29 is 13.9 Å². The number of para-hydroxylation sites is 3. The minimum absolute atomic E-state index is 0.00659. The number of nitrogens with zero attached hydrogens (tertiary/aromatic N) is 2. The molecule has 0 aliphatic heterocycles. The molecular formula is C27H27ClFN3O2. The van der Waals surface area contributed by atoms with Gasteiger partial charge in [-0.2, -0.15) is 0 Å². The average molecular weight is 480 g/mol. The number of hydrogen-bond donors (Lipinski definition) is 1. The number of ether oxygens (including phenoxy) is 1. The second kappa shape index (κ2) is 11.7. The minimum Gasteiger partial charge on any atom is -0.484 e. The normalized spacial score (nSPS) is 11.0. The van der Waals surface area contributed by atoms with Crippen molar-refractivity contribution in [3.63, 3.8) is 0 Å². The number of carbonyl (C=O) groups is 1. The van der Waals surface area contributed by atoms with E-state index in [9.17, 15) is 9.18 Å². The third kappa shape index (κ3) is 6.14. The number of imidazole rings is 1. The summed E-state index contributed by atoms with van der Waals surface area (Å²) in [6.45, 7) is 0.934. The molecule has 1 amide bonds. The van der Waals surface area contributed by atoms with E-state index in [1.165, 1.54) is 6.07 Å². The van der Waals surface area contributed by atoms with Gasteiger partial charge in [0, 0.05) is 23.6 Å². The second-order valence-electron chi connectivity index (χ2n) is 8.07. The van der Waals surface area contributed by atoms with E-state index in [2.05, 4.69) is 5.32 Å². The van der Waals surface area contributed by atoms with Crippen molar-refractivity contribution in [2.24, 2.45) is 0 Å². The summed E-state index contributed by atoms with van der Waals surface area (Å²) in [5.41, 5.74) is 2.31. The molecule has 0 radical (unpaired) electrons. The molecule has 176 valence electrons. The molecule has 1 heterocycles. The number of nitrogens with one attached hydrogen (secondary N) is 1. The molecule has 4 rings (SSSR count). The first-order chi connectivity index (χ1) is 16.6. The van der Waals surface area contributed by atoms with Crippen LogP contribution in [0.15, 0.2) is 72.8 Å². The minimum atomic E-state index is -0.316. The molecule has 1 aromatic heterocycles. The van der Waals surface area contributed by atoms with Crippen molar-refractivity contribution >= 4 is 28.5 Å². The number of aromatic nitrogens is 2. The Morgan fingerprint density at radius 1 is 0.971 bits per heavy atom. The summed E-state index contributed by atoms with van der Waals surface area (Å²) in [5, 5.41) is 3.30. The summed E-state index contributed by atoms with van der Waals surface area (Å²) in [6, 6.07) is 21.9. The molecule has 0 saturated heterocycles. The number of hydrogen-bond acceptors (Lipinski definition) is 3. The van der Waals surface area contributed by atoms with Crippen LogP contribution in [-0.2, 0) is 17.8 Å². The van der Waals surface area contributed by atoms with Gasteiger partial charge in [-0.3, -0.25) is 4.79 Å². The van der Waals surface area contributed by atoms with Crippen molar-refractivity contribution in [2.45, 2.75) is 32.2 Å². The van der Waals surface area contributed by atoms with E-state index >= 15 is 0 Å². The van der Waals surface area contributed by atoms with Gasteiger partial charge in [0.05, 0.1) is 17.6 Å². The van der Waals surface area contributed by atoms with Crippen molar-refractivity contribution in [1.82, 2.24) is 14.9 Å². The first kappa shape index (κ1) is 23.8. The maximum absolute atomic E-state index is 14.4. The molecule has 0 fully saturated rings. The highest BCUT2D eigenvalue weighted by Gasteiger charge is 2.14. The standard InChI is InChI=1S/C27H27ClFN3O2/c28-22-12-9-13-23(29)21(22)18-32-25-15-7-6-14-24(25)31-26(32)16-5-2-8-17-30-27(33)19-34-20-10-3-1-4-11-20/h1,3-4,6-7,9-15H,2,5,8,16-19H2,(H,30,33). The van der Waals surface area contributed by atoms with Crippen molar-refractivity contribution in [3.8, 4) is 5.75 Å². The zero-order valence-corrected chi connectivity index (χ0v) is 19.6. The Bertz CT molecular complexity index is 1220. The number of amides is 1. The lowest BCUT2D eigenvalue weighted by Crippen LogP contribution is -2.29. The Morgan fingerprint density at radius 2 is 1.76 bits per heavy atom. The van der Waals surface area contributed by atoms with Gasteiger partial charge in [0.2, 0.25) is 0 Å². The first-order valence-corrected chi connectivity index (χ1v) is 11.8. The Balaban J connectivity index is 1.28. The number of rotatable bonds is 11. The van der Waals surface area contributed by atoms with Gasteiger partial charge in [0.15, 0.2) is 6.61 Å². The molecule has 0 aliphatic rings. The zero-order chi connectivity index (χ0) is 23.8. The lowest BCUT2D eigenvalue weighted by molar-refractivity contribution is -0.123. The van der Waals surface area contributed by atoms with E-state index in [0.717, 1.165) is 42.5 Å². The van der Waals surface area contributed by atoms with Crippen LogP contribution in [0.25, 0.3) is 11.0 Å². The molecule has 34 heavy (non-hydrogen) atoms. The van der Waals surface area contributed by atoms with Gasteiger partial charge >= 0.3 is 0 Å². The summed E-state index contributed by atoms with van der Waals surface area (Å²) in [7, 11) is 0. The van der Waals surface area contributed by atoms with Gasteiger partial charge < -0.3 is 14.6 Å². The molecule has 3 aromatic carbocycles. The molecule has 0 aliphatic carbocycles. The number of unbranched alkanes of at least 4 members (excludes halogenated alkanes) is 2. The van der Waals surface area contributed by atoms with Gasteiger partial charge in [-0.25, -0.2) is 9.37 Å². The fourth-order valence-electron chi connectivity index (χ4n) is 3.86. The molecule has 7 heteroatoms. The summed E-state index contributed by atoms with van der Waals surface area (Å²) in [4.78, 5) is 16.7. The molecule has 0 bridgehead atoms. The van der Waals surface area contributed by atoms with Crippen LogP contribution in [0, 0.1) is 5.82 Å². The highest BCUT2D eigenvalue weighted by Crippen LogP contribution is 2.24.